The van der Waals surface area contributed by atoms with Gasteiger partial charge in [0.1, 0.15) is 5.82 Å². The van der Waals surface area contributed by atoms with Crippen LogP contribution in [0.5, 0.6) is 0 Å². The normalized spacial score (nSPS) is 11.9. The van der Waals surface area contributed by atoms with Crippen LogP contribution in [0.4, 0.5) is 5.69 Å². The average molecular weight is 390 g/mol. The van der Waals surface area contributed by atoms with E-state index in [1.54, 1.807) is 7.05 Å². The third-order valence-corrected chi connectivity index (χ3v) is 5.42. The Morgan fingerprint density at radius 2 is 1.93 bits per heavy atom. The van der Waals surface area contributed by atoms with Gasteiger partial charge in [-0.15, -0.1) is 10.2 Å². The van der Waals surface area contributed by atoms with Crippen LogP contribution in [-0.2, 0) is 29.5 Å². The molecule has 0 bridgehead atoms. The molecule has 0 saturated heterocycles. The molecule has 1 heterocycles. The third-order valence-electron chi connectivity index (χ3n) is 4.30. The molecular weight excluding hydrogens is 362 g/mol. The third kappa shape index (κ3) is 5.32. The van der Waals surface area contributed by atoms with Crippen molar-refractivity contribution in [2.45, 2.75) is 44.0 Å². The number of likely N-dealkylation sites (N-methyl/N-ethyl adjacent to an activating group) is 1. The smallest absolute Gasteiger partial charge is 0.243 e. The van der Waals surface area contributed by atoms with Gasteiger partial charge in [0, 0.05) is 26.2 Å². The Kier molecular flexibility index (Phi) is 7.41. The summed E-state index contributed by atoms with van der Waals surface area (Å²) in [5.41, 5.74) is 1.86. The molecule has 2 amide bonds. The molecule has 0 saturated carbocycles. The first-order valence-electron chi connectivity index (χ1n) is 9.05. The second-order valence-corrected chi connectivity index (χ2v) is 7.63. The summed E-state index contributed by atoms with van der Waals surface area (Å²) >= 11 is 1.35. The van der Waals surface area contributed by atoms with Crippen LogP contribution in [0.15, 0.2) is 29.4 Å². The van der Waals surface area contributed by atoms with E-state index in [2.05, 4.69) is 15.5 Å². The fourth-order valence-corrected chi connectivity index (χ4v) is 3.66. The second-order valence-electron chi connectivity index (χ2n) is 6.32. The van der Waals surface area contributed by atoms with Crippen molar-refractivity contribution in [3.63, 3.8) is 0 Å². The summed E-state index contributed by atoms with van der Waals surface area (Å²) in [5, 5.41) is 11.5. The van der Waals surface area contributed by atoms with Gasteiger partial charge in [-0.05, 0) is 25.0 Å². The van der Waals surface area contributed by atoms with Crippen LogP contribution in [0.1, 0.15) is 32.2 Å². The Labute approximate surface area is 164 Å². The maximum atomic E-state index is 12.6. The summed E-state index contributed by atoms with van der Waals surface area (Å²) in [6.45, 7) is 5.86. The fourth-order valence-electron chi connectivity index (χ4n) is 2.71. The highest BCUT2D eigenvalue weighted by atomic mass is 32.2. The van der Waals surface area contributed by atoms with E-state index in [1.807, 2.05) is 56.7 Å². The van der Waals surface area contributed by atoms with Gasteiger partial charge in [-0.1, -0.05) is 43.8 Å². The molecule has 8 heteroatoms. The summed E-state index contributed by atoms with van der Waals surface area (Å²) in [7, 11) is 3.53. The molecule has 2 rings (SSSR count). The quantitative estimate of drug-likeness (QED) is 0.702. The molecule has 0 aliphatic heterocycles. The lowest BCUT2D eigenvalue weighted by atomic mass is 10.1. The second kappa shape index (κ2) is 9.55. The largest absolute Gasteiger partial charge is 0.335 e. The van der Waals surface area contributed by atoms with Crippen LogP contribution in [-0.4, -0.2) is 50.3 Å². The molecule has 0 spiro atoms. The molecule has 0 fully saturated rings. The van der Waals surface area contributed by atoms with Crippen molar-refractivity contribution in [3.05, 3.63) is 35.7 Å². The van der Waals surface area contributed by atoms with Gasteiger partial charge < -0.3 is 14.8 Å². The minimum Gasteiger partial charge on any atom is -0.335 e. The predicted molar refractivity (Wildman–Crippen MR) is 108 cm³/mol. The molecule has 1 aromatic carbocycles. The maximum Gasteiger partial charge on any atom is 0.243 e. The standard InChI is InChI=1S/C19H27N5O2S/c1-6-14-10-8-9-11-15(14)20-17(25)12-23(4)18(26)13(3)27-19-22-21-16(7-2)24(19)5/h8-11,13H,6-7,12H2,1-5H3,(H,20,25). The van der Waals surface area contributed by atoms with Crippen molar-refractivity contribution in [2.75, 3.05) is 18.9 Å². The number of aromatic nitrogens is 3. The summed E-state index contributed by atoms with van der Waals surface area (Å²) in [5.74, 6) is 0.537. The lowest BCUT2D eigenvalue weighted by Crippen LogP contribution is -2.39. The molecule has 1 N–H and O–H groups in total. The summed E-state index contributed by atoms with van der Waals surface area (Å²) < 4.78 is 1.89. The molecule has 1 unspecified atom stereocenters. The van der Waals surface area contributed by atoms with Crippen LogP contribution < -0.4 is 5.32 Å². The highest BCUT2D eigenvalue weighted by molar-refractivity contribution is 8.00. The highest BCUT2D eigenvalue weighted by Crippen LogP contribution is 2.23. The maximum absolute atomic E-state index is 12.6. The zero-order valence-corrected chi connectivity index (χ0v) is 17.3. The Morgan fingerprint density at radius 1 is 1.22 bits per heavy atom. The van der Waals surface area contributed by atoms with Crippen LogP contribution >= 0.6 is 11.8 Å². The first kappa shape index (κ1) is 21.0. The molecule has 27 heavy (non-hydrogen) atoms. The van der Waals surface area contributed by atoms with E-state index in [9.17, 15) is 9.59 Å². The van der Waals surface area contributed by atoms with E-state index >= 15 is 0 Å². The number of rotatable bonds is 8. The topological polar surface area (TPSA) is 80.1 Å². The first-order chi connectivity index (χ1) is 12.9. The van der Waals surface area contributed by atoms with E-state index in [0.29, 0.717) is 5.16 Å². The molecular formula is C19H27N5O2S. The number of thioether (sulfide) groups is 1. The average Bonchev–Trinajstić information content (AvgIpc) is 3.00. The van der Waals surface area contributed by atoms with Gasteiger partial charge in [0.2, 0.25) is 11.8 Å². The number of benzene rings is 1. The molecule has 0 aliphatic carbocycles. The van der Waals surface area contributed by atoms with Gasteiger partial charge in [-0.3, -0.25) is 9.59 Å². The Morgan fingerprint density at radius 3 is 2.56 bits per heavy atom. The Balaban J connectivity index is 1.93. The summed E-state index contributed by atoms with van der Waals surface area (Å²) in [6.07, 6.45) is 1.61. The van der Waals surface area contributed by atoms with Gasteiger partial charge in [-0.25, -0.2) is 0 Å². The SMILES string of the molecule is CCc1ccccc1NC(=O)CN(C)C(=O)C(C)Sc1nnc(CC)n1C. The highest BCUT2D eigenvalue weighted by Gasteiger charge is 2.23. The molecule has 7 nitrogen and oxygen atoms in total. The Hall–Kier alpha value is -2.35. The van der Waals surface area contributed by atoms with Crippen LogP contribution in [0, 0.1) is 0 Å². The fraction of sp³-hybridized carbons (Fsp3) is 0.474. The number of hydrogen-bond donors (Lipinski definition) is 1. The lowest BCUT2D eigenvalue weighted by molar-refractivity contribution is -0.132. The molecule has 2 aromatic rings. The number of amides is 2. The van der Waals surface area contributed by atoms with E-state index in [-0.39, 0.29) is 23.6 Å². The van der Waals surface area contributed by atoms with Crippen molar-refractivity contribution >= 4 is 29.3 Å². The summed E-state index contributed by atoms with van der Waals surface area (Å²) in [6, 6.07) is 7.68. The van der Waals surface area contributed by atoms with Gasteiger partial charge in [0.15, 0.2) is 5.16 Å². The number of nitrogens with zero attached hydrogens (tertiary/aromatic N) is 4. The number of carbonyl (C=O) groups excluding carboxylic acids is 2. The molecule has 146 valence electrons. The van der Waals surface area contributed by atoms with Gasteiger partial charge in [0.05, 0.1) is 11.8 Å². The zero-order valence-electron chi connectivity index (χ0n) is 16.5. The minimum absolute atomic E-state index is 0.000801. The monoisotopic (exact) mass is 389 g/mol. The molecule has 1 atom stereocenters. The minimum atomic E-state index is -0.363. The number of anilines is 1. The van der Waals surface area contributed by atoms with Gasteiger partial charge in [-0.2, -0.15) is 0 Å². The van der Waals surface area contributed by atoms with Crippen LogP contribution in [0.3, 0.4) is 0 Å². The zero-order chi connectivity index (χ0) is 20.0. The van der Waals surface area contributed by atoms with E-state index in [4.69, 9.17) is 0 Å². The van der Waals surface area contributed by atoms with Gasteiger partial charge >= 0.3 is 0 Å². The molecule has 0 radical (unpaired) electrons. The van der Waals surface area contributed by atoms with E-state index in [1.165, 1.54) is 16.7 Å². The van der Waals surface area contributed by atoms with Crippen molar-refractivity contribution in [1.29, 1.82) is 0 Å². The van der Waals surface area contributed by atoms with Crippen molar-refractivity contribution in [3.8, 4) is 0 Å². The van der Waals surface area contributed by atoms with Crippen molar-refractivity contribution in [2.24, 2.45) is 7.05 Å². The van der Waals surface area contributed by atoms with Gasteiger partial charge in [0.25, 0.3) is 0 Å². The first-order valence-corrected chi connectivity index (χ1v) is 9.92. The lowest BCUT2D eigenvalue weighted by Gasteiger charge is -2.20. The van der Waals surface area contributed by atoms with Crippen molar-refractivity contribution < 1.29 is 9.59 Å². The number of aryl methyl sites for hydroxylation is 2. The molecule has 1 aromatic heterocycles. The van der Waals surface area contributed by atoms with Crippen molar-refractivity contribution in [1.82, 2.24) is 19.7 Å². The van der Waals surface area contributed by atoms with Crippen LogP contribution in [0.25, 0.3) is 0 Å². The Bertz CT molecular complexity index is 805. The predicted octanol–water partition coefficient (Wildman–Crippen LogP) is 2.52. The number of hydrogen-bond acceptors (Lipinski definition) is 5. The number of para-hydroxylation sites is 1. The van der Waals surface area contributed by atoms with Crippen LogP contribution in [0.2, 0.25) is 0 Å². The molecule has 0 aliphatic rings. The number of carbonyl (C=O) groups is 2. The van der Waals surface area contributed by atoms with E-state index in [0.717, 1.165) is 29.9 Å². The number of nitrogens with one attached hydrogen (secondary N) is 1. The van der Waals surface area contributed by atoms with E-state index < -0.39 is 0 Å². The summed E-state index contributed by atoms with van der Waals surface area (Å²) in [4.78, 5) is 26.4.